The number of pyridine rings is 1. The molecule has 5 nitrogen and oxygen atoms in total. The first kappa shape index (κ1) is 14.3. The summed E-state index contributed by atoms with van der Waals surface area (Å²) in [6.45, 7) is 3.17. The Bertz CT molecular complexity index is 784. The Balaban J connectivity index is 1.46. The fraction of sp³-hybridized carbons (Fsp3) is 0.579. The molecule has 4 heterocycles. The van der Waals surface area contributed by atoms with Crippen LogP contribution in [0.1, 0.15) is 55.3 Å². The van der Waals surface area contributed by atoms with Gasteiger partial charge in [-0.05, 0) is 37.8 Å². The smallest absolute Gasteiger partial charge is 0.258 e. The topological polar surface area (TPSA) is 40.6 Å². The molecule has 5 rings (SSSR count). The molecule has 126 valence electrons. The van der Waals surface area contributed by atoms with Gasteiger partial charge in [0.05, 0.1) is 22.8 Å². The highest BCUT2D eigenvalue weighted by atomic mass is 16.2. The standard InChI is InChI=1S/C19H24N4O/c24-18(22-14-19(22)7-2-1-3-8-19)16-13-20-23-11-6-15(12-17(16)23)21-9-4-5-10-21/h6,11-13H,1-5,7-10,14H2. The molecule has 2 aromatic rings. The van der Waals surface area contributed by atoms with Gasteiger partial charge >= 0.3 is 0 Å². The van der Waals surface area contributed by atoms with Crippen molar-refractivity contribution in [1.82, 2.24) is 14.5 Å². The first-order valence-electron chi connectivity index (χ1n) is 9.31. The summed E-state index contributed by atoms with van der Waals surface area (Å²) < 4.78 is 1.84. The molecule has 1 aliphatic carbocycles. The lowest BCUT2D eigenvalue weighted by atomic mass is 9.89. The van der Waals surface area contributed by atoms with Gasteiger partial charge in [0.1, 0.15) is 0 Å². The maximum atomic E-state index is 13.0. The molecule has 5 heteroatoms. The number of amides is 1. The van der Waals surface area contributed by atoms with Gasteiger partial charge in [0.15, 0.2) is 0 Å². The molecule has 1 spiro atoms. The summed E-state index contributed by atoms with van der Waals surface area (Å²) in [6, 6.07) is 4.25. The molecule has 1 saturated carbocycles. The normalized spacial score (nSPS) is 22.5. The Morgan fingerprint density at radius 1 is 1.08 bits per heavy atom. The maximum absolute atomic E-state index is 13.0. The summed E-state index contributed by atoms with van der Waals surface area (Å²) in [5, 5.41) is 4.40. The van der Waals surface area contributed by atoms with E-state index in [1.54, 1.807) is 6.20 Å². The van der Waals surface area contributed by atoms with Crippen molar-refractivity contribution < 1.29 is 4.79 Å². The van der Waals surface area contributed by atoms with Gasteiger partial charge in [0, 0.05) is 31.5 Å². The van der Waals surface area contributed by atoms with E-state index in [4.69, 9.17) is 0 Å². The number of hydrogen-bond donors (Lipinski definition) is 0. The van der Waals surface area contributed by atoms with E-state index in [0.717, 1.165) is 30.7 Å². The second-order valence-corrected chi connectivity index (χ2v) is 7.64. The van der Waals surface area contributed by atoms with Crippen molar-refractivity contribution in [3.8, 4) is 0 Å². The summed E-state index contributed by atoms with van der Waals surface area (Å²) in [5.74, 6) is 0.172. The van der Waals surface area contributed by atoms with Crippen LogP contribution in [-0.4, -0.2) is 45.6 Å². The fourth-order valence-corrected chi connectivity index (χ4v) is 4.64. The quantitative estimate of drug-likeness (QED) is 0.797. The number of carbonyl (C=O) groups excluding carboxylic acids is 1. The zero-order chi connectivity index (χ0) is 16.1. The molecule has 3 aliphatic rings. The molecule has 24 heavy (non-hydrogen) atoms. The predicted molar refractivity (Wildman–Crippen MR) is 93.5 cm³/mol. The van der Waals surface area contributed by atoms with Crippen LogP contribution in [0.3, 0.4) is 0 Å². The van der Waals surface area contributed by atoms with Crippen molar-refractivity contribution >= 4 is 17.1 Å². The van der Waals surface area contributed by atoms with Gasteiger partial charge in [-0.2, -0.15) is 5.10 Å². The molecule has 2 aliphatic heterocycles. The van der Waals surface area contributed by atoms with Gasteiger partial charge in [-0.1, -0.05) is 19.3 Å². The van der Waals surface area contributed by atoms with Gasteiger partial charge in [0.25, 0.3) is 5.91 Å². The van der Waals surface area contributed by atoms with Crippen LogP contribution >= 0.6 is 0 Å². The molecule has 2 aromatic heterocycles. The zero-order valence-electron chi connectivity index (χ0n) is 14.1. The molecule has 0 bridgehead atoms. The molecule has 1 amide bonds. The number of nitrogens with zero attached hydrogens (tertiary/aromatic N) is 4. The van der Waals surface area contributed by atoms with Gasteiger partial charge in [-0.25, -0.2) is 4.52 Å². The van der Waals surface area contributed by atoms with Crippen molar-refractivity contribution in [3.05, 3.63) is 30.1 Å². The highest BCUT2D eigenvalue weighted by Gasteiger charge is 2.54. The lowest BCUT2D eigenvalue weighted by Crippen LogP contribution is -2.26. The summed E-state index contributed by atoms with van der Waals surface area (Å²) >= 11 is 0. The van der Waals surface area contributed by atoms with Crippen LogP contribution in [0.2, 0.25) is 0 Å². The van der Waals surface area contributed by atoms with E-state index in [9.17, 15) is 4.79 Å². The fourth-order valence-electron chi connectivity index (χ4n) is 4.64. The molecule has 0 atom stereocenters. The first-order valence-corrected chi connectivity index (χ1v) is 9.31. The van der Waals surface area contributed by atoms with Crippen LogP contribution in [0, 0.1) is 0 Å². The lowest BCUT2D eigenvalue weighted by Gasteiger charge is -2.22. The minimum Gasteiger partial charge on any atom is -0.371 e. The largest absolute Gasteiger partial charge is 0.371 e. The van der Waals surface area contributed by atoms with Crippen molar-refractivity contribution in [3.63, 3.8) is 0 Å². The molecule has 0 radical (unpaired) electrons. The summed E-state index contributed by atoms with van der Waals surface area (Å²) in [7, 11) is 0. The average Bonchev–Trinajstić information content (AvgIpc) is 3.02. The Labute approximate surface area is 142 Å². The van der Waals surface area contributed by atoms with Crippen molar-refractivity contribution in [2.24, 2.45) is 0 Å². The number of anilines is 1. The summed E-state index contributed by atoms with van der Waals surface area (Å²) in [6.07, 6.45) is 12.4. The second kappa shape index (κ2) is 5.23. The van der Waals surface area contributed by atoms with E-state index in [0.29, 0.717) is 0 Å². The van der Waals surface area contributed by atoms with Crippen LogP contribution < -0.4 is 4.90 Å². The van der Waals surface area contributed by atoms with E-state index in [2.05, 4.69) is 27.0 Å². The Morgan fingerprint density at radius 2 is 1.88 bits per heavy atom. The molecule has 3 fully saturated rings. The predicted octanol–water partition coefficient (Wildman–Crippen LogP) is 3.09. The van der Waals surface area contributed by atoms with Crippen LogP contribution in [0.15, 0.2) is 24.5 Å². The third-order valence-corrected chi connectivity index (χ3v) is 6.16. The van der Waals surface area contributed by atoms with Crippen molar-refractivity contribution in [1.29, 1.82) is 0 Å². The highest BCUT2D eigenvalue weighted by Crippen LogP contribution is 2.46. The number of carbonyl (C=O) groups is 1. The summed E-state index contributed by atoms with van der Waals surface area (Å²) in [4.78, 5) is 17.5. The number of fused-ring (bicyclic) bond motifs is 1. The van der Waals surface area contributed by atoms with E-state index in [1.807, 2.05) is 10.7 Å². The monoisotopic (exact) mass is 324 g/mol. The molecule has 2 saturated heterocycles. The number of rotatable bonds is 2. The Hall–Kier alpha value is -2.04. The van der Waals surface area contributed by atoms with Gasteiger partial charge in [0.2, 0.25) is 0 Å². The second-order valence-electron chi connectivity index (χ2n) is 7.64. The minimum atomic E-state index is 0.172. The first-order chi connectivity index (χ1) is 11.8. The third-order valence-electron chi connectivity index (χ3n) is 6.16. The van der Waals surface area contributed by atoms with Crippen molar-refractivity contribution in [2.75, 3.05) is 24.5 Å². The molecular weight excluding hydrogens is 300 g/mol. The van der Waals surface area contributed by atoms with Gasteiger partial charge < -0.3 is 9.80 Å². The van der Waals surface area contributed by atoms with E-state index < -0.39 is 0 Å². The average molecular weight is 324 g/mol. The molecule has 0 N–H and O–H groups in total. The SMILES string of the molecule is O=C(c1cnn2ccc(N3CCCC3)cc12)N1CC12CCCCC2. The third kappa shape index (κ3) is 2.14. The summed E-state index contributed by atoms with van der Waals surface area (Å²) in [5.41, 5.74) is 3.10. The molecular formula is C19H24N4O. The number of hydrogen-bond acceptors (Lipinski definition) is 3. The highest BCUT2D eigenvalue weighted by molar-refractivity contribution is 6.02. The zero-order valence-corrected chi connectivity index (χ0v) is 14.1. The van der Waals surface area contributed by atoms with E-state index in [1.165, 1.54) is 50.6 Å². The Kier molecular flexibility index (Phi) is 3.12. The van der Waals surface area contributed by atoms with Crippen LogP contribution in [-0.2, 0) is 0 Å². The van der Waals surface area contributed by atoms with Gasteiger partial charge in [-0.15, -0.1) is 0 Å². The number of aromatic nitrogens is 2. The van der Waals surface area contributed by atoms with Crippen molar-refractivity contribution in [2.45, 2.75) is 50.5 Å². The van der Waals surface area contributed by atoms with Gasteiger partial charge in [-0.3, -0.25) is 4.79 Å². The van der Waals surface area contributed by atoms with E-state index >= 15 is 0 Å². The van der Waals surface area contributed by atoms with E-state index in [-0.39, 0.29) is 11.4 Å². The molecule has 0 aromatic carbocycles. The van der Waals surface area contributed by atoms with Crippen LogP contribution in [0.5, 0.6) is 0 Å². The van der Waals surface area contributed by atoms with Crippen LogP contribution in [0.4, 0.5) is 5.69 Å². The van der Waals surface area contributed by atoms with Crippen LogP contribution in [0.25, 0.3) is 5.52 Å². The Morgan fingerprint density at radius 3 is 2.67 bits per heavy atom. The molecule has 0 unspecified atom stereocenters. The lowest BCUT2D eigenvalue weighted by molar-refractivity contribution is 0.0843. The minimum absolute atomic E-state index is 0.172. The maximum Gasteiger partial charge on any atom is 0.258 e.